The van der Waals surface area contributed by atoms with E-state index < -0.39 is 21.7 Å². The molecule has 1 aliphatic heterocycles. The number of methoxy groups -OCH3 is 1. The van der Waals surface area contributed by atoms with Crippen LogP contribution in [0.5, 0.6) is 0 Å². The van der Waals surface area contributed by atoms with E-state index in [9.17, 15) is 18.0 Å². The molecule has 4 bridgehead atoms. The largest absolute Gasteiger partial charge is 0.465 e. The Hall–Kier alpha value is -3.81. The van der Waals surface area contributed by atoms with Crippen molar-refractivity contribution in [1.29, 1.82) is 0 Å². The van der Waals surface area contributed by atoms with E-state index >= 15 is 0 Å². The predicted octanol–water partition coefficient (Wildman–Crippen LogP) is 7.06. The molecule has 0 amide bonds. The van der Waals surface area contributed by atoms with Crippen molar-refractivity contribution < 1.29 is 36.4 Å². The second-order valence-corrected chi connectivity index (χ2v) is 20.3. The van der Waals surface area contributed by atoms with Gasteiger partial charge >= 0.3 is 11.9 Å². The maximum Gasteiger partial charge on any atom is 0.358 e. The Labute approximate surface area is 325 Å². The molecule has 3 aromatic rings. The summed E-state index contributed by atoms with van der Waals surface area (Å²) in [5.74, 6) is -0.327. The van der Waals surface area contributed by atoms with Gasteiger partial charge in [-0.2, -0.15) is 13.5 Å². The van der Waals surface area contributed by atoms with Gasteiger partial charge in [0.2, 0.25) is 0 Å². The van der Waals surface area contributed by atoms with Gasteiger partial charge in [0, 0.05) is 36.5 Å². The molecule has 0 saturated heterocycles. The first-order valence-corrected chi connectivity index (χ1v) is 21.1. The zero-order valence-corrected chi connectivity index (χ0v) is 34.4. The first-order valence-electron chi connectivity index (χ1n) is 19.5. The lowest BCUT2D eigenvalue weighted by molar-refractivity contribution is -0.249. The van der Waals surface area contributed by atoms with Crippen LogP contribution >= 0.6 is 0 Å². The highest BCUT2D eigenvalue weighted by atomic mass is 32.2. The molecule has 2 aromatic heterocycles. The topological polar surface area (TPSA) is 139 Å². The lowest BCUT2D eigenvalue weighted by Crippen LogP contribution is -2.64. The third kappa shape index (κ3) is 7.94. The Kier molecular flexibility index (Phi) is 10.0. The number of aromatic nitrogens is 3. The van der Waals surface area contributed by atoms with Crippen molar-refractivity contribution in [3.05, 3.63) is 64.6 Å². The highest BCUT2D eigenvalue weighted by Crippen LogP contribution is 2.72. The van der Waals surface area contributed by atoms with Gasteiger partial charge in [-0.05, 0) is 125 Å². The Balaban J connectivity index is 1.18. The molecule has 298 valence electrons. The van der Waals surface area contributed by atoms with Crippen LogP contribution in [0.2, 0.25) is 0 Å². The van der Waals surface area contributed by atoms with Gasteiger partial charge in [-0.1, -0.05) is 26.0 Å². The van der Waals surface area contributed by atoms with E-state index in [0.717, 1.165) is 67.3 Å². The highest BCUT2D eigenvalue weighted by Gasteiger charge is 2.66. The number of fused-ring (bicyclic) bond motifs is 1. The lowest BCUT2D eigenvalue weighted by Gasteiger charge is -2.69. The van der Waals surface area contributed by atoms with Gasteiger partial charge in [0.15, 0.2) is 5.69 Å². The van der Waals surface area contributed by atoms with Crippen molar-refractivity contribution in [2.45, 2.75) is 118 Å². The number of anilines is 1. The van der Waals surface area contributed by atoms with E-state index in [-0.39, 0.29) is 52.5 Å². The van der Waals surface area contributed by atoms with E-state index in [4.69, 9.17) is 28.5 Å². The summed E-state index contributed by atoms with van der Waals surface area (Å²) in [5, 5.41) is 4.95. The van der Waals surface area contributed by atoms with E-state index in [1.54, 1.807) is 13.0 Å². The average Bonchev–Trinajstić information content (AvgIpc) is 3.45. The molecule has 3 heterocycles. The second-order valence-electron chi connectivity index (χ2n) is 18.4. The van der Waals surface area contributed by atoms with Crippen molar-refractivity contribution >= 4 is 27.9 Å². The molecule has 55 heavy (non-hydrogen) atoms. The molecular formula is C42H56N4O8S. The van der Waals surface area contributed by atoms with Crippen LogP contribution in [0.1, 0.15) is 118 Å². The van der Waals surface area contributed by atoms with Crippen LogP contribution in [0, 0.1) is 23.2 Å². The number of pyridine rings is 1. The third-order valence-electron chi connectivity index (χ3n) is 12.1. The lowest BCUT2D eigenvalue weighted by atomic mass is 9.39. The normalized spacial score (nSPS) is 27.2. The molecule has 13 heteroatoms. The Morgan fingerprint density at radius 3 is 2.33 bits per heavy atom. The summed E-state index contributed by atoms with van der Waals surface area (Å²) < 4.78 is 48.9. The number of rotatable bonds is 12. The molecule has 4 saturated carbocycles. The molecule has 0 radical (unpaired) electrons. The van der Waals surface area contributed by atoms with Crippen LogP contribution in [0.3, 0.4) is 0 Å². The van der Waals surface area contributed by atoms with E-state index in [1.807, 2.05) is 58.2 Å². The zero-order chi connectivity index (χ0) is 39.6. The highest BCUT2D eigenvalue weighted by molar-refractivity contribution is 7.86. The molecule has 4 fully saturated rings. The quantitative estimate of drug-likeness (QED) is 0.106. The summed E-state index contributed by atoms with van der Waals surface area (Å²) >= 11 is 0. The standard InChI is InChI=1S/C42H56N4O8S/c1-9-55(49,50)53-18-17-52-42-24-39(6)21-40(7,25-42)23-41(22-39,26-42)27-46-28(2)32(19-43-46)30-13-14-34(44-35(30)37(48)54-38(3,4)5)45-16-15-29-11-10-12-31(33(29)20-45)36(47)51-8/h10-14,19H,9,15-18,20-27H2,1-8H3. The fourth-order valence-corrected chi connectivity index (χ4v) is 11.7. The summed E-state index contributed by atoms with van der Waals surface area (Å²) in [7, 11) is -2.15. The summed E-state index contributed by atoms with van der Waals surface area (Å²) in [5.41, 5.74) is 4.22. The molecule has 0 spiro atoms. The summed E-state index contributed by atoms with van der Waals surface area (Å²) in [4.78, 5) is 33.6. The number of carbonyl (C=O) groups excluding carboxylic acids is 2. The monoisotopic (exact) mass is 776 g/mol. The van der Waals surface area contributed by atoms with Gasteiger partial charge in [0.1, 0.15) is 11.4 Å². The number of hydrogen-bond donors (Lipinski definition) is 0. The SMILES string of the molecule is CCS(=O)(=O)OCCOC12CC3(C)CC(C)(CC(Cn4ncc(-c5ccc(N6CCc7cccc(C(=O)OC)c7C6)nc5C(=O)OC(C)(C)C)c4C)(C3)C1)C2. The fraction of sp³-hybridized carbons (Fsp3) is 0.619. The van der Waals surface area contributed by atoms with E-state index in [0.29, 0.717) is 36.6 Å². The van der Waals surface area contributed by atoms with Crippen LogP contribution in [-0.4, -0.2) is 78.9 Å². The van der Waals surface area contributed by atoms with Gasteiger partial charge in [-0.3, -0.25) is 8.86 Å². The van der Waals surface area contributed by atoms with Crippen molar-refractivity contribution in [2.75, 3.05) is 37.5 Å². The van der Waals surface area contributed by atoms with Crippen molar-refractivity contribution in [2.24, 2.45) is 16.2 Å². The molecule has 4 aliphatic carbocycles. The molecule has 2 atom stereocenters. The average molecular weight is 777 g/mol. The predicted molar refractivity (Wildman–Crippen MR) is 208 cm³/mol. The van der Waals surface area contributed by atoms with E-state index in [1.165, 1.54) is 7.11 Å². The van der Waals surface area contributed by atoms with Crippen LogP contribution in [0.4, 0.5) is 5.82 Å². The van der Waals surface area contributed by atoms with Crippen molar-refractivity contribution in [1.82, 2.24) is 14.8 Å². The van der Waals surface area contributed by atoms with E-state index in [2.05, 4.69) is 23.4 Å². The van der Waals surface area contributed by atoms with Crippen LogP contribution in [0.25, 0.3) is 11.1 Å². The summed E-state index contributed by atoms with van der Waals surface area (Å²) in [6, 6.07) is 9.58. The Morgan fingerprint density at radius 2 is 1.65 bits per heavy atom. The van der Waals surface area contributed by atoms with Crippen LogP contribution < -0.4 is 4.90 Å². The first kappa shape index (κ1) is 39.4. The third-order valence-corrected chi connectivity index (χ3v) is 13.3. The number of nitrogens with zero attached hydrogens (tertiary/aromatic N) is 4. The minimum Gasteiger partial charge on any atom is -0.465 e. The molecule has 12 nitrogen and oxygen atoms in total. The summed E-state index contributed by atoms with van der Waals surface area (Å²) in [6.07, 6.45) is 8.59. The smallest absolute Gasteiger partial charge is 0.358 e. The van der Waals surface area contributed by atoms with Gasteiger partial charge in [-0.25, -0.2) is 14.6 Å². The molecule has 5 aliphatic rings. The van der Waals surface area contributed by atoms with Crippen LogP contribution in [-0.2, 0) is 48.0 Å². The van der Waals surface area contributed by atoms with Gasteiger partial charge in [0.25, 0.3) is 10.1 Å². The van der Waals surface area contributed by atoms with Crippen LogP contribution in [0.15, 0.2) is 36.5 Å². The Bertz CT molecular complexity index is 2090. The first-order chi connectivity index (χ1) is 25.8. The molecule has 0 N–H and O–H groups in total. The van der Waals surface area contributed by atoms with Gasteiger partial charge in [0.05, 0.1) is 43.4 Å². The second kappa shape index (κ2) is 14.0. The number of hydrogen-bond acceptors (Lipinski definition) is 11. The minimum atomic E-state index is -3.54. The maximum atomic E-state index is 13.9. The van der Waals surface area contributed by atoms with Gasteiger partial charge < -0.3 is 19.1 Å². The fourth-order valence-electron chi connectivity index (χ4n) is 11.2. The number of benzene rings is 1. The maximum absolute atomic E-state index is 13.9. The molecule has 1 aromatic carbocycles. The zero-order valence-electron chi connectivity index (χ0n) is 33.6. The van der Waals surface area contributed by atoms with Gasteiger partial charge in [-0.15, -0.1) is 0 Å². The van der Waals surface area contributed by atoms with Crippen molar-refractivity contribution in [3.8, 4) is 11.1 Å². The number of ether oxygens (including phenoxy) is 3. The minimum absolute atomic E-state index is 0.0202. The van der Waals surface area contributed by atoms with Crippen molar-refractivity contribution in [3.63, 3.8) is 0 Å². The number of esters is 2. The molecule has 2 unspecified atom stereocenters. The molecule has 8 rings (SSSR count). The summed E-state index contributed by atoms with van der Waals surface area (Å²) in [6.45, 7) is 16.0. The Morgan fingerprint density at radius 1 is 0.927 bits per heavy atom. The molecular weight excluding hydrogens is 721 g/mol. The number of carbonyl (C=O) groups is 2.